The molecule has 4 rings (SSSR count). The third-order valence-electron chi connectivity index (χ3n) is 5.89. The number of furan rings is 1. The molecule has 1 amide bonds. The van der Waals surface area contributed by atoms with Crippen LogP contribution < -0.4 is 0 Å². The summed E-state index contributed by atoms with van der Waals surface area (Å²) in [5.41, 5.74) is 1.50. The summed E-state index contributed by atoms with van der Waals surface area (Å²) < 4.78 is 34.4. The molecule has 0 fully saturated rings. The summed E-state index contributed by atoms with van der Waals surface area (Å²) in [6, 6.07) is 22.2. The highest BCUT2D eigenvalue weighted by Crippen LogP contribution is 2.25. The Morgan fingerprint density at radius 1 is 0.972 bits per heavy atom. The first-order valence-electron chi connectivity index (χ1n) is 12.0. The van der Waals surface area contributed by atoms with E-state index in [1.54, 1.807) is 41.6 Å². The van der Waals surface area contributed by atoms with Gasteiger partial charge in [-0.3, -0.25) is 9.78 Å². The van der Waals surface area contributed by atoms with E-state index >= 15 is 0 Å². The molecule has 2 aromatic heterocycles. The smallest absolute Gasteiger partial charge is 0.245 e. The molecule has 0 aliphatic carbocycles. The number of amides is 1. The van der Waals surface area contributed by atoms with Crippen LogP contribution >= 0.6 is 0 Å². The molecule has 2 aromatic carbocycles. The predicted octanol–water partition coefficient (Wildman–Crippen LogP) is 4.75. The van der Waals surface area contributed by atoms with Gasteiger partial charge in [0.25, 0.3) is 0 Å². The van der Waals surface area contributed by atoms with Crippen LogP contribution in [0, 0.1) is 5.92 Å². The molecule has 4 aromatic rings. The van der Waals surface area contributed by atoms with E-state index in [4.69, 9.17) is 4.42 Å². The number of hydrogen-bond acceptors (Lipinski definition) is 5. The van der Waals surface area contributed by atoms with Gasteiger partial charge in [-0.2, -0.15) is 4.31 Å². The lowest BCUT2D eigenvalue weighted by Gasteiger charge is -2.28. The van der Waals surface area contributed by atoms with Crippen LogP contribution in [0.2, 0.25) is 0 Å². The fraction of sp³-hybridized carbons (Fsp3) is 0.286. The van der Waals surface area contributed by atoms with Crippen LogP contribution in [-0.2, 0) is 27.8 Å². The van der Waals surface area contributed by atoms with E-state index in [1.165, 1.54) is 4.31 Å². The summed E-state index contributed by atoms with van der Waals surface area (Å²) in [6.07, 6.45) is 3.80. The zero-order valence-corrected chi connectivity index (χ0v) is 21.4. The fourth-order valence-electron chi connectivity index (χ4n) is 4.12. The van der Waals surface area contributed by atoms with Crippen molar-refractivity contribution in [3.05, 3.63) is 96.6 Å². The average molecular weight is 506 g/mol. The first-order chi connectivity index (χ1) is 17.3. The molecule has 0 radical (unpaired) electrons. The summed E-state index contributed by atoms with van der Waals surface area (Å²) in [5, 5.41) is 0.733. The van der Waals surface area contributed by atoms with Gasteiger partial charge in [0, 0.05) is 24.7 Å². The van der Waals surface area contributed by atoms with Gasteiger partial charge in [0.2, 0.25) is 15.9 Å². The zero-order valence-electron chi connectivity index (χ0n) is 20.6. The number of pyridine rings is 1. The van der Waals surface area contributed by atoms with Crippen LogP contribution in [0.1, 0.15) is 25.2 Å². The molecule has 0 aliphatic rings. The Morgan fingerprint density at radius 2 is 1.75 bits per heavy atom. The highest BCUT2D eigenvalue weighted by Gasteiger charge is 2.31. The highest BCUT2D eigenvalue weighted by atomic mass is 32.2. The molecule has 0 unspecified atom stereocenters. The van der Waals surface area contributed by atoms with Gasteiger partial charge in [-0.25, -0.2) is 8.42 Å². The molecule has 0 saturated carbocycles. The van der Waals surface area contributed by atoms with Gasteiger partial charge in [0.05, 0.1) is 24.9 Å². The molecule has 0 aliphatic heterocycles. The number of rotatable bonds is 11. The van der Waals surface area contributed by atoms with Crippen molar-refractivity contribution in [1.29, 1.82) is 0 Å². The van der Waals surface area contributed by atoms with Crippen molar-refractivity contribution in [3.8, 4) is 0 Å². The average Bonchev–Trinajstić information content (AvgIpc) is 3.39. The lowest BCUT2D eigenvalue weighted by molar-refractivity contribution is -0.132. The molecule has 8 heteroatoms. The minimum absolute atomic E-state index is 0.0263. The third-order valence-corrected chi connectivity index (χ3v) is 7.73. The lowest BCUT2D eigenvalue weighted by atomic mass is 10.1. The van der Waals surface area contributed by atoms with Gasteiger partial charge < -0.3 is 9.32 Å². The Hall–Kier alpha value is -3.49. The molecule has 188 valence electrons. The maximum atomic E-state index is 13.8. The van der Waals surface area contributed by atoms with Crippen LogP contribution in [0.5, 0.6) is 0 Å². The van der Waals surface area contributed by atoms with Gasteiger partial charge >= 0.3 is 0 Å². The van der Waals surface area contributed by atoms with Crippen LogP contribution in [0.3, 0.4) is 0 Å². The number of nitrogens with zero attached hydrogens (tertiary/aromatic N) is 3. The SMILES string of the molecule is CC(C)CN(CC(=O)N(CCc1ccccc1)Cc1ccco1)S(=O)(=O)c1cccc2cccnc12. The molecular formula is C28H31N3O4S. The van der Waals surface area contributed by atoms with E-state index in [0.717, 1.165) is 10.9 Å². The number of para-hydroxylation sites is 1. The minimum atomic E-state index is -3.98. The Balaban J connectivity index is 1.61. The Bertz CT molecular complexity index is 1380. The third kappa shape index (κ3) is 6.19. The van der Waals surface area contributed by atoms with E-state index in [2.05, 4.69) is 4.98 Å². The van der Waals surface area contributed by atoms with Crippen LogP contribution in [0.4, 0.5) is 0 Å². The number of fused-ring (bicyclic) bond motifs is 1. The minimum Gasteiger partial charge on any atom is -0.467 e. The van der Waals surface area contributed by atoms with Gasteiger partial charge in [-0.05, 0) is 42.2 Å². The second-order valence-corrected chi connectivity index (χ2v) is 11.1. The van der Waals surface area contributed by atoms with E-state index in [9.17, 15) is 13.2 Å². The summed E-state index contributed by atoms with van der Waals surface area (Å²) >= 11 is 0. The van der Waals surface area contributed by atoms with Crippen molar-refractivity contribution < 1.29 is 17.6 Å². The van der Waals surface area contributed by atoms with E-state index in [0.29, 0.717) is 24.2 Å². The van der Waals surface area contributed by atoms with Crippen LogP contribution in [-0.4, -0.2) is 48.1 Å². The van der Waals surface area contributed by atoms with Gasteiger partial charge in [-0.15, -0.1) is 0 Å². The molecule has 7 nitrogen and oxygen atoms in total. The molecule has 0 N–H and O–H groups in total. The first kappa shape index (κ1) is 25.6. The van der Waals surface area contributed by atoms with Crippen LogP contribution in [0.15, 0.2) is 94.6 Å². The second kappa shape index (κ2) is 11.5. The Labute approximate surface area is 212 Å². The quantitative estimate of drug-likeness (QED) is 0.294. The maximum absolute atomic E-state index is 13.8. The normalized spacial score (nSPS) is 11.9. The highest BCUT2D eigenvalue weighted by molar-refractivity contribution is 7.89. The Kier molecular flexibility index (Phi) is 8.18. The van der Waals surface area contributed by atoms with Crippen molar-refractivity contribution in [1.82, 2.24) is 14.2 Å². The number of sulfonamides is 1. The monoisotopic (exact) mass is 505 g/mol. The van der Waals surface area contributed by atoms with Crippen molar-refractivity contribution >= 4 is 26.8 Å². The Morgan fingerprint density at radius 3 is 2.47 bits per heavy atom. The number of carbonyl (C=O) groups excluding carboxylic acids is 1. The fourth-order valence-corrected chi connectivity index (χ4v) is 5.84. The van der Waals surface area contributed by atoms with E-state index in [1.807, 2.05) is 62.4 Å². The standard InChI is InChI=1S/C28H31N3O4S/c1-22(2)19-31(36(33,34)26-14-6-11-24-12-7-16-29-28(24)26)21-27(32)30(20-25-13-8-18-35-25)17-15-23-9-4-3-5-10-23/h3-14,16,18,22H,15,17,19-21H2,1-2H3. The summed E-state index contributed by atoms with van der Waals surface area (Å²) in [5.74, 6) is 0.394. The lowest BCUT2D eigenvalue weighted by Crippen LogP contribution is -2.44. The van der Waals surface area contributed by atoms with Gasteiger partial charge in [0.1, 0.15) is 10.7 Å². The van der Waals surface area contributed by atoms with Crippen molar-refractivity contribution in [2.45, 2.75) is 31.7 Å². The van der Waals surface area contributed by atoms with E-state index in [-0.39, 0.29) is 36.4 Å². The molecule has 2 heterocycles. The largest absolute Gasteiger partial charge is 0.467 e. The maximum Gasteiger partial charge on any atom is 0.245 e. The number of hydrogen-bond donors (Lipinski definition) is 0. The first-order valence-corrected chi connectivity index (χ1v) is 13.5. The van der Waals surface area contributed by atoms with Crippen molar-refractivity contribution in [2.24, 2.45) is 5.92 Å². The molecule has 0 saturated heterocycles. The predicted molar refractivity (Wildman–Crippen MR) is 140 cm³/mol. The number of aromatic nitrogens is 1. The molecule has 0 spiro atoms. The molecule has 36 heavy (non-hydrogen) atoms. The van der Waals surface area contributed by atoms with E-state index < -0.39 is 10.0 Å². The summed E-state index contributed by atoms with van der Waals surface area (Å²) in [7, 11) is -3.98. The van der Waals surface area contributed by atoms with Crippen molar-refractivity contribution in [2.75, 3.05) is 19.6 Å². The summed E-state index contributed by atoms with van der Waals surface area (Å²) in [4.78, 5) is 19.7. The van der Waals surface area contributed by atoms with Crippen LogP contribution in [0.25, 0.3) is 10.9 Å². The van der Waals surface area contributed by atoms with Crippen molar-refractivity contribution in [3.63, 3.8) is 0 Å². The number of carbonyl (C=O) groups is 1. The second-order valence-electron chi connectivity index (χ2n) is 9.15. The number of benzene rings is 2. The van der Waals surface area contributed by atoms with Gasteiger partial charge in [0.15, 0.2) is 0 Å². The molecule has 0 bridgehead atoms. The zero-order chi connectivity index (χ0) is 25.5. The molecule has 0 atom stereocenters. The molecular weight excluding hydrogens is 474 g/mol. The summed E-state index contributed by atoms with van der Waals surface area (Å²) in [6.45, 7) is 4.53. The topological polar surface area (TPSA) is 83.7 Å². The van der Waals surface area contributed by atoms with Gasteiger partial charge in [-0.1, -0.05) is 62.4 Å².